The molecule has 1 heterocycles. The van der Waals surface area contributed by atoms with Crippen molar-refractivity contribution in [1.29, 1.82) is 0 Å². The Balaban J connectivity index is -0.0000000439. The minimum absolute atomic E-state index is 0. The Morgan fingerprint density at radius 3 is 1.06 bits per heavy atom. The van der Waals surface area contributed by atoms with Crippen LogP contribution in [0.1, 0.15) is 52.3 Å². The molecule has 0 fully saturated rings. The SMILES string of the molecule is C.C.C#C[Si](C)(C)C.C#Cc1ccccc1NC.CC(C)(C)[O-].CNc1ccccc1.CNc1ccccc1C#C[Si](C)(C)C.CNc1ccccc1I.Cn1[c-]cc2ccccc21.I.I.II.II.II(I)I.II(I)I(I)I.I[I-]I.I[I-]I(I)I.[C-]#C.[C-]#Cc1ccccc1NC.[Cu][I].[K+].[K+].[OH-].[Pd].[Y].[Y].[Y]. The van der Waals surface area contributed by atoms with Gasteiger partial charge >= 0.3 is 417 Å². The summed E-state index contributed by atoms with van der Waals surface area (Å²) in [6.07, 6.45) is 29.3. The zero-order valence-electron chi connectivity index (χ0n) is 60.8. The van der Waals surface area contributed by atoms with E-state index in [2.05, 4.69) is 471 Å². The van der Waals surface area contributed by atoms with E-state index in [1.165, 1.54) is 20.2 Å². The van der Waals surface area contributed by atoms with Crippen LogP contribution in [0.2, 0.25) is 39.3 Å². The summed E-state index contributed by atoms with van der Waals surface area (Å²) in [4.78, 5) is 0. The minimum Gasteiger partial charge on any atom is -0.870 e. The fourth-order valence-electron chi connectivity index (χ4n) is 5.12. The summed E-state index contributed by atoms with van der Waals surface area (Å²) in [5.41, 5.74) is 14.8. The molecule has 7 rings (SSSR count). The van der Waals surface area contributed by atoms with Crippen LogP contribution in [0.4, 0.5) is 28.4 Å². The number of halogens is 26. The van der Waals surface area contributed by atoms with Gasteiger partial charge in [-0.05, 0) is 83.9 Å². The Bertz CT molecular complexity index is 3130. The Labute approximate surface area is 1110 Å². The first-order valence-corrected chi connectivity index (χ1v) is 138. The van der Waals surface area contributed by atoms with Crippen LogP contribution < -0.4 is 161 Å². The molecule has 0 atom stereocenters. The molecule has 6 aromatic carbocycles. The molecule has 0 spiro atoms. The van der Waals surface area contributed by atoms with Crippen molar-refractivity contribution in [2.45, 2.75) is 80.5 Å². The van der Waals surface area contributed by atoms with Crippen molar-refractivity contribution in [3.8, 4) is 48.1 Å². The van der Waals surface area contributed by atoms with Crippen LogP contribution in [-0.4, -0.2) is 67.0 Å². The van der Waals surface area contributed by atoms with Gasteiger partial charge in [-0.3, -0.25) is 5.92 Å². The molecule has 3 radical (unpaired) electrons. The Morgan fingerprint density at radius 1 is 0.541 bits per heavy atom. The summed E-state index contributed by atoms with van der Waals surface area (Å²) >= 11 is 48.3. The summed E-state index contributed by atoms with van der Waals surface area (Å²) < 4.78 is 3.26. The van der Waals surface area contributed by atoms with Gasteiger partial charge in [-0.15, -0.1) is 113 Å². The van der Waals surface area contributed by atoms with Gasteiger partial charge in [-0.25, -0.2) is 0 Å². The summed E-state index contributed by atoms with van der Waals surface area (Å²) in [7, 11) is 7.86. The van der Waals surface area contributed by atoms with Crippen molar-refractivity contribution >= 4 is 476 Å². The molecule has 0 unspecified atom stereocenters. The number of para-hydroxylation sites is 6. The number of terminal acetylenes is 3. The van der Waals surface area contributed by atoms with Crippen LogP contribution in [0, 0.1) is 70.7 Å². The summed E-state index contributed by atoms with van der Waals surface area (Å²) in [6.45, 7) is 18.1. The van der Waals surface area contributed by atoms with Crippen molar-refractivity contribution in [3.63, 3.8) is 0 Å². The molecule has 7 aromatic rings. The Hall–Kier alpha value is 18.8. The van der Waals surface area contributed by atoms with Crippen LogP contribution in [-0.2, 0) is 138 Å². The average Bonchev–Trinajstić information content (AvgIpc) is 1.66. The number of benzene rings is 6. The minimum atomic E-state index is -1.26. The number of fused-ring (bicyclic) bond motifs is 1. The predicted molar refractivity (Wildman–Crippen MR) is 680 cm³/mol. The molecule has 0 amide bonds. The first-order valence-electron chi connectivity index (χ1n) is 26.2. The zero-order chi connectivity index (χ0) is 78.3. The topological polar surface area (TPSA) is 118 Å². The van der Waals surface area contributed by atoms with Gasteiger partial charge in [0, 0.05) is 266 Å². The maximum absolute atomic E-state index is 10.1. The normalized spacial score (nSPS) is 8.47. The van der Waals surface area contributed by atoms with Crippen LogP contribution in [0.5, 0.6) is 0 Å². The Kier molecular flexibility index (Phi) is 212. The van der Waals surface area contributed by atoms with Crippen molar-refractivity contribution in [1.82, 2.24) is 4.57 Å². The number of hydrogen-bond donors (Lipinski definition) is 5. The molecule has 8 nitrogen and oxygen atoms in total. The third-order valence-corrected chi connectivity index (χ3v) is 259. The molecule has 0 saturated heterocycles. The number of anilines is 5. The molecular weight excluding hydrogens is 4780 g/mol. The van der Waals surface area contributed by atoms with E-state index in [1.807, 2.05) is 174 Å². The van der Waals surface area contributed by atoms with Gasteiger partial charge in [0.15, 0.2) is 0 Å². The average molecular weight is 4870 g/mol. The molecule has 0 bridgehead atoms. The zero-order valence-corrected chi connectivity index (χ0v) is 136. The number of rotatable bonds is 7. The first kappa shape index (κ1) is 177. The van der Waals surface area contributed by atoms with Gasteiger partial charge in [-0.1, -0.05) is 172 Å². The fourth-order valence-corrected chi connectivity index (χ4v) is 6.29. The van der Waals surface area contributed by atoms with Crippen LogP contribution in [0.25, 0.3) is 10.9 Å². The van der Waals surface area contributed by atoms with Gasteiger partial charge < -0.3 is 61.0 Å². The molecule has 0 aliphatic carbocycles. The summed E-state index contributed by atoms with van der Waals surface area (Å²) in [6, 6.07) is 52.0. The van der Waals surface area contributed by atoms with Crippen molar-refractivity contribution in [3.05, 3.63) is 197 Å². The fraction of sp³-hybridized carbons (Fsp3) is 0.273. The largest absolute Gasteiger partial charge is 1.00 e. The number of hydrogen-bond acceptors (Lipinski definition) is 7. The second-order valence-corrected chi connectivity index (χ2v) is 257. The van der Waals surface area contributed by atoms with E-state index in [0.717, 1.165) is 39.4 Å². The van der Waals surface area contributed by atoms with Crippen LogP contribution in [0.3, 0.4) is 0 Å². The molecule has 0 aliphatic rings. The second kappa shape index (κ2) is 131. The number of aromatic nitrogens is 1. The number of nitrogens with one attached hydrogen (secondary N) is 5. The monoisotopic (exact) mass is 4870 g/mol. The van der Waals surface area contributed by atoms with E-state index in [4.69, 9.17) is 25.7 Å². The molecular formula is C66H90CuI26K2N6O2PdSi2Y3-5. The van der Waals surface area contributed by atoms with E-state index in [1.54, 1.807) is 41.1 Å². The molecule has 43 heteroatoms. The van der Waals surface area contributed by atoms with Gasteiger partial charge in [-0.2, -0.15) is 11.5 Å². The van der Waals surface area contributed by atoms with E-state index in [0.29, 0.717) is 26.5 Å². The molecule has 6 N–H and O–H groups in total. The molecule has 1 aromatic heterocycles. The van der Waals surface area contributed by atoms with E-state index >= 15 is 0 Å². The van der Waals surface area contributed by atoms with Crippen LogP contribution >= 0.6 is 420 Å². The second-order valence-electron chi connectivity index (χ2n) is 19.2. The smallest absolute Gasteiger partial charge is 0.870 e. The molecule has 109 heavy (non-hydrogen) atoms. The van der Waals surface area contributed by atoms with E-state index in [9.17, 15) is 5.11 Å². The summed E-state index contributed by atoms with van der Waals surface area (Å²) in [5.74, 6) is 8.17. The van der Waals surface area contributed by atoms with Crippen molar-refractivity contribution in [2.75, 3.05) is 61.8 Å². The van der Waals surface area contributed by atoms with Gasteiger partial charge in [0.2, 0.25) is 0 Å². The van der Waals surface area contributed by atoms with Gasteiger partial charge in [0.1, 0.15) is 16.1 Å². The number of nitrogens with zero attached hydrogens (tertiary/aromatic N) is 1. The molecule has 0 saturated carbocycles. The van der Waals surface area contributed by atoms with Crippen molar-refractivity contribution < 1.29 is 271 Å². The van der Waals surface area contributed by atoms with E-state index < -0.39 is 21.7 Å². The quantitative estimate of drug-likeness (QED) is 0.0467. The van der Waals surface area contributed by atoms with Crippen LogP contribution in [0.15, 0.2) is 158 Å². The standard InChI is InChI=1S/C12H17NSi.C9H8N.C9H9N.C9H8N.C7H8IN.C7H9N.C5H10Si.C4H9O.C2H.2CH4.Cu.I6.I5.I4.I3.2I2.3HI.2K.H2O.Pd.3Y/c1-13-12-8-6-5-7-11(12)9-10-14(2,3)4;1-10-7-6-8-4-2-3-5-9(8)10;2*1-3-8-6-4-5-7-9(8)10-2;1-9-7-5-3-2-4-6(7)8;1-8-7-5-3-2-4-6-7;1-5-6(2,3)4;1-4(2,3)5;1-2;;;;1-5(2)6(3)4;1-4-5(2)3;1-4(2)3;1-3-2;2*1-2;;;;;;;;;;/h5-8,13H,1-4H3;2-6H,1H3;1,4-7,10H,2H3;4-7,10H,2H3;2-5,9H,1H3;2-6,8H,1H3;1H,2-4H3;1-3H3;1H;2*1H4;;;;;;;;3*1H;;;1H2;;;;/q;-1;;-1;;;;2*-1;;;+1;;-1;;-1;;;;;;2*+1;;;;;/p-2. The first-order chi connectivity index (χ1) is 46.1. The molecule has 0 aliphatic heterocycles. The number of aryl methyl sites for hydroxylation is 1. The Morgan fingerprint density at radius 2 is 0.817 bits per heavy atom. The van der Waals surface area contributed by atoms with E-state index in [-0.39, 0.29) is 321 Å². The maximum Gasteiger partial charge on any atom is 1.00 e. The van der Waals surface area contributed by atoms with Crippen molar-refractivity contribution in [2.24, 2.45) is 7.05 Å². The molecule has 623 valence electrons. The van der Waals surface area contributed by atoms with Gasteiger partial charge in [0.25, 0.3) is 0 Å². The maximum atomic E-state index is 10.1. The third kappa shape index (κ3) is 138. The predicted octanol–water partition coefficient (Wildman–Crippen LogP) is 23.2. The summed E-state index contributed by atoms with van der Waals surface area (Å²) in [5, 5.41) is 26.6. The third-order valence-electron chi connectivity index (χ3n) is 8.92. The van der Waals surface area contributed by atoms with Gasteiger partial charge in [0.05, 0.1) is 0 Å².